The fourth-order valence-electron chi connectivity index (χ4n) is 2.92. The van der Waals surface area contributed by atoms with Crippen molar-refractivity contribution in [1.29, 1.82) is 5.26 Å². The van der Waals surface area contributed by atoms with Crippen LogP contribution in [-0.2, 0) is 0 Å². The highest BCUT2D eigenvalue weighted by atomic mass is 16.2. The van der Waals surface area contributed by atoms with Crippen LogP contribution in [0.5, 0.6) is 0 Å². The molecule has 0 bridgehead atoms. The third-order valence-electron chi connectivity index (χ3n) is 4.25. The number of hydrogen-bond acceptors (Lipinski definition) is 4. The second-order valence-corrected chi connectivity index (χ2v) is 6.18. The van der Waals surface area contributed by atoms with E-state index in [9.17, 15) is 4.79 Å². The molecule has 2 amide bonds. The number of nitrogens with one attached hydrogen (secondary N) is 3. The van der Waals surface area contributed by atoms with E-state index in [0.29, 0.717) is 17.1 Å². The monoisotopic (exact) mass is 335 g/mol. The molecule has 1 aliphatic rings. The van der Waals surface area contributed by atoms with Gasteiger partial charge in [0.25, 0.3) is 0 Å². The largest absolute Gasteiger partial charge is 0.340 e. The molecule has 1 heterocycles. The first kappa shape index (κ1) is 16.8. The first-order chi connectivity index (χ1) is 12.2. The summed E-state index contributed by atoms with van der Waals surface area (Å²) in [5.41, 5.74) is 2.11. The predicted molar refractivity (Wildman–Crippen MR) is 97.7 cm³/mol. The Balaban J connectivity index is 1.52. The average Bonchev–Trinajstić information content (AvgIpc) is 2.65. The molecule has 3 rings (SSSR count). The summed E-state index contributed by atoms with van der Waals surface area (Å²) >= 11 is 0. The van der Waals surface area contributed by atoms with E-state index in [1.807, 2.05) is 12.1 Å². The van der Waals surface area contributed by atoms with Gasteiger partial charge < -0.3 is 16.0 Å². The lowest BCUT2D eigenvalue weighted by atomic mass is 9.96. The molecular weight excluding hydrogens is 314 g/mol. The van der Waals surface area contributed by atoms with Crippen LogP contribution in [0.3, 0.4) is 0 Å². The second-order valence-electron chi connectivity index (χ2n) is 6.18. The second kappa shape index (κ2) is 8.15. The number of nitrogens with zero attached hydrogens (tertiary/aromatic N) is 2. The molecule has 25 heavy (non-hydrogen) atoms. The van der Waals surface area contributed by atoms with Gasteiger partial charge in [-0.25, -0.2) is 9.78 Å². The minimum atomic E-state index is -0.179. The van der Waals surface area contributed by atoms with Gasteiger partial charge in [0, 0.05) is 11.7 Å². The zero-order chi connectivity index (χ0) is 17.5. The quantitative estimate of drug-likeness (QED) is 0.783. The first-order valence-electron chi connectivity index (χ1n) is 8.54. The number of benzene rings is 1. The van der Waals surface area contributed by atoms with Gasteiger partial charge in [0.1, 0.15) is 5.82 Å². The first-order valence-corrected chi connectivity index (χ1v) is 8.54. The van der Waals surface area contributed by atoms with Gasteiger partial charge in [0.05, 0.1) is 23.5 Å². The minimum absolute atomic E-state index is 0.179. The summed E-state index contributed by atoms with van der Waals surface area (Å²) in [5, 5.41) is 17.8. The number of carbonyl (C=O) groups excluding carboxylic acids is 1. The SMILES string of the molecule is N#Cc1ccc(Nc2ccc(NC(=O)NC3CCCCC3)cn2)cc1. The fraction of sp³-hybridized carbons (Fsp3) is 0.316. The summed E-state index contributed by atoms with van der Waals surface area (Å²) in [6.07, 6.45) is 7.35. The molecule has 1 aromatic carbocycles. The predicted octanol–water partition coefficient (Wildman–Crippen LogP) is 4.15. The van der Waals surface area contributed by atoms with Gasteiger partial charge in [-0.15, -0.1) is 0 Å². The molecule has 0 aliphatic heterocycles. The van der Waals surface area contributed by atoms with Crippen LogP contribution in [0.1, 0.15) is 37.7 Å². The number of anilines is 3. The van der Waals surface area contributed by atoms with E-state index in [2.05, 4.69) is 27.0 Å². The lowest BCUT2D eigenvalue weighted by Gasteiger charge is -2.22. The Hall–Kier alpha value is -3.07. The highest BCUT2D eigenvalue weighted by Crippen LogP contribution is 2.18. The Labute approximate surface area is 147 Å². The molecule has 6 heteroatoms. The summed E-state index contributed by atoms with van der Waals surface area (Å²) in [6, 6.07) is 12.9. The van der Waals surface area contributed by atoms with Gasteiger partial charge in [-0.3, -0.25) is 0 Å². The standard InChI is InChI=1S/C19H21N5O/c20-12-14-6-8-16(9-7-14)22-18-11-10-17(13-21-18)24-19(25)23-15-4-2-1-3-5-15/h6-11,13,15H,1-5H2,(H,21,22)(H2,23,24,25). The van der Waals surface area contributed by atoms with E-state index < -0.39 is 0 Å². The van der Waals surface area contributed by atoms with Crippen molar-refractivity contribution in [2.75, 3.05) is 10.6 Å². The molecule has 1 aliphatic carbocycles. The molecule has 0 spiro atoms. The number of urea groups is 1. The normalized spacial score (nSPS) is 14.4. The van der Waals surface area contributed by atoms with Crippen molar-refractivity contribution in [3.8, 4) is 6.07 Å². The van der Waals surface area contributed by atoms with Crippen LogP contribution < -0.4 is 16.0 Å². The van der Waals surface area contributed by atoms with Gasteiger partial charge >= 0.3 is 6.03 Å². The molecule has 1 fully saturated rings. The number of rotatable bonds is 4. The van der Waals surface area contributed by atoms with E-state index >= 15 is 0 Å². The molecule has 128 valence electrons. The molecule has 0 unspecified atom stereocenters. The van der Waals surface area contributed by atoms with E-state index in [1.54, 1.807) is 30.5 Å². The van der Waals surface area contributed by atoms with Crippen molar-refractivity contribution < 1.29 is 4.79 Å². The van der Waals surface area contributed by atoms with Crippen molar-refractivity contribution in [3.05, 3.63) is 48.2 Å². The van der Waals surface area contributed by atoms with Gasteiger partial charge in [0.15, 0.2) is 0 Å². The smallest absolute Gasteiger partial charge is 0.319 e. The number of amides is 2. The number of carbonyl (C=O) groups is 1. The van der Waals surface area contributed by atoms with Gasteiger partial charge in [-0.05, 0) is 49.2 Å². The lowest BCUT2D eigenvalue weighted by molar-refractivity contribution is 0.244. The van der Waals surface area contributed by atoms with Crippen molar-refractivity contribution in [2.24, 2.45) is 0 Å². The Morgan fingerprint density at radius 2 is 1.76 bits per heavy atom. The maximum absolute atomic E-state index is 12.0. The maximum atomic E-state index is 12.0. The highest BCUT2D eigenvalue weighted by Gasteiger charge is 2.15. The Bertz CT molecular complexity index is 743. The van der Waals surface area contributed by atoms with Crippen LogP contribution in [0.2, 0.25) is 0 Å². The van der Waals surface area contributed by atoms with Gasteiger partial charge in [0.2, 0.25) is 0 Å². The minimum Gasteiger partial charge on any atom is -0.340 e. The Morgan fingerprint density at radius 1 is 1.04 bits per heavy atom. The van der Waals surface area contributed by atoms with Crippen molar-refractivity contribution in [1.82, 2.24) is 10.3 Å². The number of pyridine rings is 1. The summed E-state index contributed by atoms with van der Waals surface area (Å²) < 4.78 is 0. The summed E-state index contributed by atoms with van der Waals surface area (Å²) in [7, 11) is 0. The van der Waals surface area contributed by atoms with Gasteiger partial charge in [-0.2, -0.15) is 5.26 Å². The number of aromatic nitrogens is 1. The highest BCUT2D eigenvalue weighted by molar-refractivity contribution is 5.89. The van der Waals surface area contributed by atoms with Crippen molar-refractivity contribution >= 4 is 23.2 Å². The molecule has 0 radical (unpaired) electrons. The summed E-state index contributed by atoms with van der Waals surface area (Å²) in [6.45, 7) is 0. The molecular formula is C19H21N5O. The van der Waals surface area contributed by atoms with Crippen LogP contribution in [0, 0.1) is 11.3 Å². The Morgan fingerprint density at radius 3 is 2.40 bits per heavy atom. The van der Waals surface area contributed by atoms with Gasteiger partial charge in [-0.1, -0.05) is 19.3 Å². The molecule has 1 saturated carbocycles. The zero-order valence-corrected chi connectivity index (χ0v) is 14.0. The van der Waals surface area contributed by atoms with E-state index in [4.69, 9.17) is 5.26 Å². The summed E-state index contributed by atoms with van der Waals surface area (Å²) in [5.74, 6) is 0.669. The number of hydrogen-bond donors (Lipinski definition) is 3. The van der Waals surface area contributed by atoms with Crippen LogP contribution in [0.4, 0.5) is 22.0 Å². The van der Waals surface area contributed by atoms with E-state index in [0.717, 1.165) is 18.5 Å². The maximum Gasteiger partial charge on any atom is 0.319 e. The molecule has 1 aromatic heterocycles. The van der Waals surface area contributed by atoms with Crippen molar-refractivity contribution in [3.63, 3.8) is 0 Å². The molecule has 3 N–H and O–H groups in total. The van der Waals surface area contributed by atoms with Crippen LogP contribution in [0.25, 0.3) is 0 Å². The molecule has 6 nitrogen and oxygen atoms in total. The average molecular weight is 335 g/mol. The van der Waals surface area contributed by atoms with E-state index in [-0.39, 0.29) is 12.1 Å². The van der Waals surface area contributed by atoms with Crippen LogP contribution in [0.15, 0.2) is 42.6 Å². The molecule has 0 saturated heterocycles. The molecule has 2 aromatic rings. The Kier molecular flexibility index (Phi) is 5.47. The zero-order valence-electron chi connectivity index (χ0n) is 14.0. The lowest BCUT2D eigenvalue weighted by Crippen LogP contribution is -2.39. The van der Waals surface area contributed by atoms with E-state index in [1.165, 1.54) is 19.3 Å². The van der Waals surface area contributed by atoms with Crippen LogP contribution in [-0.4, -0.2) is 17.1 Å². The van der Waals surface area contributed by atoms with Crippen LogP contribution >= 0.6 is 0 Å². The summed E-state index contributed by atoms with van der Waals surface area (Å²) in [4.78, 5) is 16.3. The topological polar surface area (TPSA) is 89.8 Å². The van der Waals surface area contributed by atoms with Crippen molar-refractivity contribution in [2.45, 2.75) is 38.1 Å². The third-order valence-corrected chi connectivity index (χ3v) is 4.25. The fourth-order valence-corrected chi connectivity index (χ4v) is 2.92. The number of nitriles is 1. The molecule has 0 atom stereocenters. The third kappa shape index (κ3) is 4.95.